The average molecular weight is 500 g/mol. The van der Waals surface area contributed by atoms with Crippen molar-refractivity contribution in [2.45, 2.75) is 30.3 Å². The highest BCUT2D eigenvalue weighted by Crippen LogP contribution is 2.53. The Hall–Kier alpha value is -4.07. The summed E-state index contributed by atoms with van der Waals surface area (Å²) in [7, 11) is 3.33. The molecule has 2 aliphatic heterocycles. The Balaban J connectivity index is 1.23. The first-order valence-electron chi connectivity index (χ1n) is 12.3. The Morgan fingerprint density at radius 3 is 2.49 bits per heavy atom. The van der Waals surface area contributed by atoms with Crippen LogP contribution in [-0.4, -0.2) is 59.8 Å². The molecule has 0 bridgehead atoms. The molecule has 8 heteroatoms. The molecule has 2 aromatic carbocycles. The van der Waals surface area contributed by atoms with Crippen LogP contribution in [0.4, 0.5) is 4.39 Å². The number of pyridine rings is 1. The molecule has 6 rings (SSSR count). The Morgan fingerprint density at radius 1 is 1.03 bits per heavy atom. The van der Waals surface area contributed by atoms with E-state index in [1.165, 1.54) is 17.2 Å². The second-order valence-electron chi connectivity index (χ2n) is 10.3. The van der Waals surface area contributed by atoms with Crippen LogP contribution in [0.1, 0.15) is 51.1 Å². The van der Waals surface area contributed by atoms with Gasteiger partial charge in [-0.1, -0.05) is 30.3 Å². The number of aromatic nitrogens is 1. The molecule has 2 amide bonds. The van der Waals surface area contributed by atoms with E-state index in [4.69, 9.17) is 4.74 Å². The van der Waals surface area contributed by atoms with Crippen LogP contribution in [0.5, 0.6) is 0 Å². The number of hydrogen-bond donors (Lipinski definition) is 0. The van der Waals surface area contributed by atoms with Gasteiger partial charge in [0.15, 0.2) is 5.60 Å². The number of fused-ring (bicyclic) bond motifs is 2. The number of amides is 2. The van der Waals surface area contributed by atoms with E-state index in [2.05, 4.69) is 4.98 Å². The van der Waals surface area contributed by atoms with Crippen LogP contribution in [0, 0.1) is 5.82 Å². The normalized spacial score (nSPS) is 21.1. The van der Waals surface area contributed by atoms with E-state index >= 15 is 4.39 Å². The molecule has 3 heterocycles. The molecule has 1 spiro atoms. The molecule has 2 fully saturated rings. The number of likely N-dealkylation sites (tertiary alicyclic amines) is 1. The van der Waals surface area contributed by atoms with Crippen molar-refractivity contribution in [1.29, 1.82) is 0 Å². The van der Waals surface area contributed by atoms with Crippen molar-refractivity contribution in [2.75, 3.05) is 27.2 Å². The number of hydrogen-bond acceptors (Lipinski definition) is 5. The quantitative estimate of drug-likeness (QED) is 0.509. The minimum Gasteiger partial charge on any atom is -0.449 e. The van der Waals surface area contributed by atoms with Gasteiger partial charge < -0.3 is 14.5 Å². The first kappa shape index (κ1) is 23.3. The zero-order valence-corrected chi connectivity index (χ0v) is 20.7. The minimum atomic E-state index is -0.897. The molecule has 3 aliphatic rings. The van der Waals surface area contributed by atoms with Crippen molar-refractivity contribution in [1.82, 2.24) is 14.8 Å². The van der Waals surface area contributed by atoms with Gasteiger partial charge in [-0.25, -0.2) is 9.18 Å². The van der Waals surface area contributed by atoms with Crippen molar-refractivity contribution in [3.8, 4) is 11.3 Å². The topological polar surface area (TPSA) is 79.8 Å². The number of ether oxygens (including phenoxy) is 1. The highest BCUT2D eigenvalue weighted by Gasteiger charge is 2.58. The van der Waals surface area contributed by atoms with Crippen LogP contribution in [0.15, 0.2) is 60.8 Å². The smallest absolute Gasteiger partial charge is 0.339 e. The van der Waals surface area contributed by atoms with Gasteiger partial charge in [-0.05, 0) is 37.1 Å². The third-order valence-electron chi connectivity index (χ3n) is 7.80. The predicted octanol–water partition coefficient (Wildman–Crippen LogP) is 3.92. The first-order chi connectivity index (χ1) is 17.7. The highest BCUT2D eigenvalue weighted by molar-refractivity contribution is 5.96. The third kappa shape index (κ3) is 3.62. The van der Waals surface area contributed by atoms with Crippen LogP contribution >= 0.6 is 0 Å². The molecule has 1 saturated heterocycles. The lowest BCUT2D eigenvalue weighted by atomic mass is 9.91. The van der Waals surface area contributed by atoms with Gasteiger partial charge in [-0.3, -0.25) is 14.6 Å². The summed E-state index contributed by atoms with van der Waals surface area (Å²) in [5.41, 5.74) is 1.59. The molecule has 3 aromatic rings. The van der Waals surface area contributed by atoms with Gasteiger partial charge in [0.25, 0.3) is 5.91 Å². The first-order valence-corrected chi connectivity index (χ1v) is 12.3. The van der Waals surface area contributed by atoms with Gasteiger partial charge in [0.2, 0.25) is 5.91 Å². The summed E-state index contributed by atoms with van der Waals surface area (Å²) in [6.45, 7) is 0.724. The maximum Gasteiger partial charge on any atom is 0.339 e. The van der Waals surface area contributed by atoms with Crippen LogP contribution in [0.3, 0.4) is 0 Å². The SMILES string of the molecule is CN(C)C(=O)c1ccc(-c2ccc(C3(C(=O)N4CCC5(C4)OC(=O)c4ccccc45)CC3)c(F)c2)nc1. The molecule has 1 aromatic heterocycles. The van der Waals surface area contributed by atoms with Gasteiger partial charge in [-0.15, -0.1) is 0 Å². The minimum absolute atomic E-state index is 0.124. The van der Waals surface area contributed by atoms with Crippen LogP contribution < -0.4 is 0 Å². The number of rotatable bonds is 4. The van der Waals surface area contributed by atoms with E-state index in [9.17, 15) is 14.4 Å². The maximum atomic E-state index is 15.4. The summed E-state index contributed by atoms with van der Waals surface area (Å²) >= 11 is 0. The summed E-state index contributed by atoms with van der Waals surface area (Å²) in [5, 5.41) is 0. The molecule has 1 saturated carbocycles. The number of esters is 1. The van der Waals surface area contributed by atoms with Gasteiger partial charge in [0.1, 0.15) is 5.82 Å². The van der Waals surface area contributed by atoms with E-state index in [-0.39, 0.29) is 24.3 Å². The molecule has 1 aliphatic carbocycles. The fraction of sp³-hybridized carbons (Fsp3) is 0.310. The Labute approximate surface area is 213 Å². The maximum absolute atomic E-state index is 15.4. The Kier molecular flexibility index (Phi) is 5.19. The number of benzene rings is 2. The second-order valence-corrected chi connectivity index (χ2v) is 10.3. The average Bonchev–Trinajstić information content (AvgIpc) is 3.52. The summed E-state index contributed by atoms with van der Waals surface area (Å²) in [4.78, 5) is 45.7. The number of carbonyl (C=O) groups excluding carboxylic acids is 3. The van der Waals surface area contributed by atoms with E-state index in [0.29, 0.717) is 53.8 Å². The molecule has 188 valence electrons. The van der Waals surface area contributed by atoms with Crippen LogP contribution in [0.2, 0.25) is 0 Å². The third-order valence-corrected chi connectivity index (χ3v) is 7.80. The highest BCUT2D eigenvalue weighted by atomic mass is 19.1. The van der Waals surface area contributed by atoms with Crippen molar-refractivity contribution in [3.63, 3.8) is 0 Å². The van der Waals surface area contributed by atoms with E-state index in [0.717, 1.165) is 5.56 Å². The van der Waals surface area contributed by atoms with Gasteiger partial charge >= 0.3 is 5.97 Å². The summed E-state index contributed by atoms with van der Waals surface area (Å²) < 4.78 is 21.2. The standard InChI is InChI=1S/C29H26FN3O4/c1-32(2)25(34)19-8-10-24(31-16-19)18-7-9-22(23(30)15-18)28(11-12-28)27(36)33-14-13-29(17-33)21-6-4-3-5-20(21)26(35)37-29/h3-10,15-16H,11-14,17H2,1-2H3. The van der Waals surface area contributed by atoms with E-state index in [1.807, 2.05) is 12.1 Å². The van der Waals surface area contributed by atoms with Gasteiger partial charge in [0.05, 0.1) is 28.8 Å². The van der Waals surface area contributed by atoms with Gasteiger partial charge in [0, 0.05) is 49.9 Å². The zero-order valence-electron chi connectivity index (χ0n) is 20.7. The van der Waals surface area contributed by atoms with Crippen molar-refractivity contribution >= 4 is 17.8 Å². The van der Waals surface area contributed by atoms with Crippen LogP contribution in [-0.2, 0) is 20.5 Å². The van der Waals surface area contributed by atoms with Crippen molar-refractivity contribution in [3.05, 3.63) is 88.9 Å². The largest absolute Gasteiger partial charge is 0.449 e. The molecule has 1 atom stereocenters. The Bertz CT molecular complexity index is 1450. The fourth-order valence-electron chi connectivity index (χ4n) is 5.64. The number of nitrogens with zero attached hydrogens (tertiary/aromatic N) is 3. The van der Waals surface area contributed by atoms with E-state index in [1.54, 1.807) is 55.4 Å². The second kappa shape index (κ2) is 8.23. The van der Waals surface area contributed by atoms with E-state index < -0.39 is 16.8 Å². The molecular weight excluding hydrogens is 473 g/mol. The molecule has 0 N–H and O–H groups in total. The lowest BCUT2D eigenvalue weighted by Crippen LogP contribution is -2.40. The molecular formula is C29H26FN3O4. The molecule has 0 radical (unpaired) electrons. The molecule has 37 heavy (non-hydrogen) atoms. The summed E-state index contributed by atoms with van der Waals surface area (Å²) in [5.74, 6) is -1.10. The van der Waals surface area contributed by atoms with Crippen molar-refractivity contribution in [2.24, 2.45) is 0 Å². The van der Waals surface area contributed by atoms with Gasteiger partial charge in [-0.2, -0.15) is 0 Å². The fourth-order valence-corrected chi connectivity index (χ4v) is 5.64. The number of carbonyl (C=O) groups is 3. The number of halogens is 1. The van der Waals surface area contributed by atoms with Crippen molar-refractivity contribution < 1.29 is 23.5 Å². The molecule has 7 nitrogen and oxygen atoms in total. The lowest BCUT2D eigenvalue weighted by molar-refractivity contribution is -0.134. The van der Waals surface area contributed by atoms with Crippen LogP contribution in [0.25, 0.3) is 11.3 Å². The zero-order chi connectivity index (χ0) is 25.9. The summed E-state index contributed by atoms with van der Waals surface area (Å²) in [6.07, 6.45) is 3.15. The Morgan fingerprint density at radius 2 is 1.81 bits per heavy atom. The molecule has 1 unspecified atom stereocenters. The predicted molar refractivity (Wildman–Crippen MR) is 133 cm³/mol. The monoisotopic (exact) mass is 499 g/mol. The lowest BCUT2D eigenvalue weighted by Gasteiger charge is -2.27. The summed E-state index contributed by atoms with van der Waals surface area (Å²) in [6, 6.07) is 15.5.